The van der Waals surface area contributed by atoms with Crippen LogP contribution in [0.25, 0.3) is 0 Å². The lowest BCUT2D eigenvalue weighted by molar-refractivity contribution is 0.0941. The second kappa shape index (κ2) is 8.90. The predicted octanol–water partition coefficient (Wildman–Crippen LogP) is 3.31. The van der Waals surface area contributed by atoms with Crippen LogP contribution in [0.5, 0.6) is 0 Å². The number of hydrogen-bond acceptors (Lipinski definition) is 3. The normalized spacial score (nSPS) is 11.4. The molecule has 0 N–H and O–H groups in total. The lowest BCUT2D eigenvalue weighted by Crippen LogP contribution is -2.33. The van der Waals surface area contributed by atoms with E-state index < -0.39 is 0 Å². The fourth-order valence-electron chi connectivity index (χ4n) is 2.20. The fraction of sp³-hybridized carbons (Fsp3) is 0.588. The van der Waals surface area contributed by atoms with E-state index >= 15 is 0 Å². The van der Waals surface area contributed by atoms with Crippen LogP contribution >= 0.6 is 0 Å². The number of halogens is 1. The molecule has 0 heterocycles. The van der Waals surface area contributed by atoms with E-state index in [1.807, 2.05) is 0 Å². The summed E-state index contributed by atoms with van der Waals surface area (Å²) in [4.78, 5) is 14.4. The first kappa shape index (κ1) is 17.8. The van der Waals surface area contributed by atoms with E-state index in [1.54, 1.807) is 26.2 Å². The van der Waals surface area contributed by atoms with Gasteiger partial charge < -0.3 is 9.64 Å². The molecule has 0 fully saturated rings. The number of ketones is 1. The average molecular weight is 295 g/mol. The molecule has 0 bridgehead atoms. The minimum Gasteiger partial charge on any atom is -0.383 e. The lowest BCUT2D eigenvalue weighted by Gasteiger charge is -2.23. The van der Waals surface area contributed by atoms with E-state index in [9.17, 15) is 9.18 Å². The van der Waals surface area contributed by atoms with E-state index in [1.165, 1.54) is 6.07 Å². The highest BCUT2D eigenvalue weighted by atomic mass is 19.1. The molecule has 1 aromatic carbocycles. The van der Waals surface area contributed by atoms with Crippen molar-refractivity contribution in [3.63, 3.8) is 0 Å². The molecule has 0 radical (unpaired) electrons. The van der Waals surface area contributed by atoms with E-state index in [2.05, 4.69) is 18.7 Å². The molecule has 0 amide bonds. The first-order valence-electron chi connectivity index (χ1n) is 7.44. The summed E-state index contributed by atoms with van der Waals surface area (Å²) in [6.07, 6.45) is 0.402. The Bertz CT molecular complexity index is 460. The van der Waals surface area contributed by atoms with Crippen molar-refractivity contribution in [1.29, 1.82) is 0 Å². The minimum absolute atomic E-state index is 0.0138. The van der Waals surface area contributed by atoms with Gasteiger partial charge in [-0.15, -0.1) is 0 Å². The Kier molecular flexibility index (Phi) is 7.54. The molecule has 0 aliphatic carbocycles. The van der Waals surface area contributed by atoms with Gasteiger partial charge in [0.2, 0.25) is 0 Å². The van der Waals surface area contributed by atoms with Gasteiger partial charge in [0.15, 0.2) is 5.78 Å². The number of carbonyl (C=O) groups excluding carboxylic acids is 1. The molecule has 1 rings (SSSR count). The standard InChI is InChI=1S/C17H26FNO2/c1-13(2)12-19(9-10-21-4)8-7-17(20)15-6-5-14(3)16(18)11-15/h5-6,11,13H,7-10,12H2,1-4H3. The molecule has 4 heteroatoms. The summed E-state index contributed by atoms with van der Waals surface area (Å²) in [5.74, 6) is 0.202. The van der Waals surface area contributed by atoms with E-state index in [0.717, 1.165) is 13.1 Å². The zero-order valence-corrected chi connectivity index (χ0v) is 13.5. The Balaban J connectivity index is 2.57. The molecule has 21 heavy (non-hydrogen) atoms. The molecule has 118 valence electrons. The molecule has 0 aromatic heterocycles. The van der Waals surface area contributed by atoms with Gasteiger partial charge in [-0.2, -0.15) is 0 Å². The summed E-state index contributed by atoms with van der Waals surface area (Å²) >= 11 is 0. The number of aryl methyl sites for hydroxylation is 1. The third-order valence-corrected chi connectivity index (χ3v) is 3.38. The Morgan fingerprint density at radius 3 is 2.62 bits per heavy atom. The number of hydrogen-bond donors (Lipinski definition) is 0. The van der Waals surface area contributed by atoms with Gasteiger partial charge in [-0.1, -0.05) is 26.0 Å². The molecule has 3 nitrogen and oxygen atoms in total. The Morgan fingerprint density at radius 1 is 1.33 bits per heavy atom. The number of rotatable bonds is 9. The largest absolute Gasteiger partial charge is 0.383 e. The number of nitrogens with zero attached hydrogens (tertiary/aromatic N) is 1. The van der Waals surface area contributed by atoms with E-state index in [-0.39, 0.29) is 11.6 Å². The number of benzene rings is 1. The molecule has 0 saturated carbocycles. The number of Topliss-reactive ketones (excluding diaryl/α,β-unsaturated/α-hetero) is 1. The van der Waals surface area contributed by atoms with Gasteiger partial charge in [0.05, 0.1) is 6.61 Å². The highest BCUT2D eigenvalue weighted by molar-refractivity contribution is 5.96. The highest BCUT2D eigenvalue weighted by Crippen LogP contribution is 2.11. The van der Waals surface area contributed by atoms with Crippen molar-refractivity contribution in [1.82, 2.24) is 4.90 Å². The number of ether oxygens (including phenoxy) is 1. The Hall–Kier alpha value is -1.26. The third kappa shape index (κ3) is 6.36. The maximum absolute atomic E-state index is 13.5. The van der Waals surface area contributed by atoms with Gasteiger partial charge in [0.1, 0.15) is 5.82 Å². The summed E-state index contributed by atoms with van der Waals surface area (Å²) in [7, 11) is 1.67. The molecule has 0 spiro atoms. The summed E-state index contributed by atoms with van der Waals surface area (Å²) < 4.78 is 18.6. The van der Waals surface area contributed by atoms with Crippen LogP contribution in [-0.4, -0.2) is 44.0 Å². The smallest absolute Gasteiger partial charge is 0.164 e. The van der Waals surface area contributed by atoms with E-state index in [4.69, 9.17) is 4.74 Å². The molecule has 0 atom stereocenters. The van der Waals surface area contributed by atoms with Crippen LogP contribution in [0.3, 0.4) is 0 Å². The predicted molar refractivity (Wildman–Crippen MR) is 83.2 cm³/mol. The van der Waals surface area contributed by atoms with Crippen LogP contribution in [0.2, 0.25) is 0 Å². The van der Waals surface area contributed by atoms with Crippen molar-refractivity contribution in [3.05, 3.63) is 35.1 Å². The van der Waals surface area contributed by atoms with Crippen molar-refractivity contribution in [2.45, 2.75) is 27.2 Å². The second-order valence-corrected chi connectivity index (χ2v) is 5.82. The molecular weight excluding hydrogens is 269 g/mol. The maximum Gasteiger partial charge on any atom is 0.164 e. The zero-order valence-electron chi connectivity index (χ0n) is 13.5. The minimum atomic E-state index is -0.320. The van der Waals surface area contributed by atoms with Crippen LogP contribution in [0.15, 0.2) is 18.2 Å². The average Bonchev–Trinajstić information content (AvgIpc) is 2.44. The molecular formula is C17H26FNO2. The van der Waals surface area contributed by atoms with Crippen LogP contribution in [0.1, 0.15) is 36.2 Å². The van der Waals surface area contributed by atoms with Crippen LogP contribution < -0.4 is 0 Å². The maximum atomic E-state index is 13.5. The number of carbonyl (C=O) groups is 1. The number of methoxy groups -OCH3 is 1. The molecule has 0 aliphatic heterocycles. The molecule has 1 aromatic rings. The van der Waals surface area contributed by atoms with Crippen LogP contribution in [0, 0.1) is 18.7 Å². The summed E-state index contributed by atoms with van der Waals surface area (Å²) in [6.45, 7) is 9.06. The summed E-state index contributed by atoms with van der Waals surface area (Å²) in [5.41, 5.74) is 1.02. The first-order valence-corrected chi connectivity index (χ1v) is 7.44. The van der Waals surface area contributed by atoms with Gasteiger partial charge in [-0.3, -0.25) is 4.79 Å². The second-order valence-electron chi connectivity index (χ2n) is 5.82. The van der Waals surface area contributed by atoms with Crippen LogP contribution in [-0.2, 0) is 4.74 Å². The summed E-state index contributed by atoms with van der Waals surface area (Å²) in [6, 6.07) is 4.68. The first-order chi connectivity index (χ1) is 9.93. The Labute approximate surface area is 127 Å². The van der Waals surface area contributed by atoms with Crippen molar-refractivity contribution < 1.29 is 13.9 Å². The topological polar surface area (TPSA) is 29.5 Å². The van der Waals surface area contributed by atoms with Crippen molar-refractivity contribution >= 4 is 5.78 Å². The van der Waals surface area contributed by atoms with Gasteiger partial charge in [-0.05, 0) is 24.5 Å². The Morgan fingerprint density at radius 2 is 2.05 bits per heavy atom. The van der Waals surface area contributed by atoms with Gasteiger partial charge in [-0.25, -0.2) is 4.39 Å². The van der Waals surface area contributed by atoms with Gasteiger partial charge >= 0.3 is 0 Å². The lowest BCUT2D eigenvalue weighted by atomic mass is 10.1. The monoisotopic (exact) mass is 295 g/mol. The SMILES string of the molecule is COCCN(CCC(=O)c1ccc(C)c(F)c1)CC(C)C. The van der Waals surface area contributed by atoms with Gasteiger partial charge in [0, 0.05) is 38.7 Å². The molecule has 0 saturated heterocycles. The highest BCUT2D eigenvalue weighted by Gasteiger charge is 2.12. The summed E-state index contributed by atoms with van der Waals surface area (Å²) in [5, 5.41) is 0. The molecule has 0 unspecified atom stereocenters. The quantitative estimate of drug-likeness (QED) is 0.655. The van der Waals surface area contributed by atoms with Crippen molar-refractivity contribution in [2.75, 3.05) is 33.4 Å². The van der Waals surface area contributed by atoms with E-state index in [0.29, 0.717) is 36.6 Å². The zero-order chi connectivity index (χ0) is 15.8. The van der Waals surface area contributed by atoms with Gasteiger partial charge in [0.25, 0.3) is 0 Å². The molecule has 0 aliphatic rings. The van der Waals surface area contributed by atoms with Crippen LogP contribution in [0.4, 0.5) is 4.39 Å². The van der Waals surface area contributed by atoms with Crippen molar-refractivity contribution in [2.24, 2.45) is 5.92 Å². The third-order valence-electron chi connectivity index (χ3n) is 3.38. The van der Waals surface area contributed by atoms with Crippen molar-refractivity contribution in [3.8, 4) is 0 Å². The fourth-order valence-corrected chi connectivity index (χ4v) is 2.20.